The summed E-state index contributed by atoms with van der Waals surface area (Å²) >= 11 is 0. The molecule has 0 saturated heterocycles. The van der Waals surface area contributed by atoms with Crippen LogP contribution in [0.5, 0.6) is 0 Å². The number of aliphatic carboxylic acids is 1. The number of carbonyl (C=O) groups excluding carboxylic acids is 2. The van der Waals surface area contributed by atoms with Crippen LogP contribution < -0.4 is 0 Å². The van der Waals surface area contributed by atoms with Gasteiger partial charge in [0.05, 0.1) is 0 Å². The van der Waals surface area contributed by atoms with Gasteiger partial charge in [-0.25, -0.2) is 9.69 Å². The van der Waals surface area contributed by atoms with Gasteiger partial charge in [0.2, 0.25) is 0 Å². The molecule has 1 aliphatic heterocycles. The molecule has 5 heteroatoms. The summed E-state index contributed by atoms with van der Waals surface area (Å²) in [6.07, 6.45) is 2.33. The fourth-order valence-electron chi connectivity index (χ4n) is 1.16. The van der Waals surface area contributed by atoms with Gasteiger partial charge in [-0.15, -0.1) is 0 Å². The van der Waals surface area contributed by atoms with E-state index in [9.17, 15) is 14.4 Å². The van der Waals surface area contributed by atoms with Gasteiger partial charge in [-0.3, -0.25) is 9.59 Å². The molecule has 0 radical (unpaired) electrons. The van der Waals surface area contributed by atoms with Crippen LogP contribution in [0.15, 0.2) is 23.4 Å². The smallest absolute Gasteiger partial charge is 0.352 e. The quantitative estimate of drug-likeness (QED) is 0.507. The average Bonchev–Trinajstić information content (AvgIpc) is 2.32. The lowest BCUT2D eigenvalue weighted by Gasteiger charge is -2.13. The second-order valence-corrected chi connectivity index (χ2v) is 2.79. The van der Waals surface area contributed by atoms with Crippen molar-refractivity contribution in [2.75, 3.05) is 0 Å². The molecule has 0 atom stereocenters. The summed E-state index contributed by atoms with van der Waals surface area (Å²) in [6, 6.07) is 0. The van der Waals surface area contributed by atoms with E-state index in [4.69, 9.17) is 5.11 Å². The summed E-state index contributed by atoms with van der Waals surface area (Å²) in [7, 11) is 0. The second-order valence-electron chi connectivity index (χ2n) is 2.79. The number of hydrogen-bond acceptors (Lipinski definition) is 3. The Kier molecular flexibility index (Phi) is 2.51. The van der Waals surface area contributed by atoms with Gasteiger partial charge in [0.1, 0.15) is 5.70 Å². The van der Waals surface area contributed by atoms with Crippen molar-refractivity contribution in [1.29, 1.82) is 0 Å². The van der Waals surface area contributed by atoms with Gasteiger partial charge in [-0.05, 0) is 13.8 Å². The minimum absolute atomic E-state index is 0.246. The van der Waals surface area contributed by atoms with Gasteiger partial charge < -0.3 is 5.11 Å². The molecule has 0 fully saturated rings. The van der Waals surface area contributed by atoms with Crippen molar-refractivity contribution in [2.45, 2.75) is 13.8 Å². The lowest BCUT2D eigenvalue weighted by Crippen LogP contribution is -2.33. The molecule has 0 aliphatic carbocycles. The summed E-state index contributed by atoms with van der Waals surface area (Å²) in [5.41, 5.74) is -0.0660. The van der Waals surface area contributed by atoms with Crippen LogP contribution >= 0.6 is 0 Å². The number of imide groups is 1. The molecule has 1 rings (SSSR count). The maximum absolute atomic E-state index is 11.4. The molecule has 5 nitrogen and oxygen atoms in total. The molecule has 0 aromatic heterocycles. The molecule has 0 saturated carbocycles. The third kappa shape index (κ3) is 1.44. The lowest BCUT2D eigenvalue weighted by atomic mass is 10.3. The van der Waals surface area contributed by atoms with E-state index in [0.717, 1.165) is 6.08 Å². The molecule has 14 heavy (non-hydrogen) atoms. The van der Waals surface area contributed by atoms with Crippen molar-refractivity contribution < 1.29 is 19.5 Å². The fraction of sp³-hybridized carbons (Fsp3) is 0.222. The Hall–Kier alpha value is -1.91. The Morgan fingerprint density at radius 1 is 1.50 bits per heavy atom. The van der Waals surface area contributed by atoms with Gasteiger partial charge >= 0.3 is 5.97 Å². The minimum atomic E-state index is -1.29. The van der Waals surface area contributed by atoms with E-state index in [1.165, 1.54) is 19.9 Å². The van der Waals surface area contributed by atoms with Gasteiger partial charge in [-0.2, -0.15) is 0 Å². The molecule has 0 unspecified atom stereocenters. The molecule has 1 aliphatic rings. The predicted molar refractivity (Wildman–Crippen MR) is 47.0 cm³/mol. The molecule has 2 amide bonds. The SMILES string of the molecule is C/C=C(\C(=O)O)N1C(=O)C=C(C)C1=O. The average molecular weight is 195 g/mol. The van der Waals surface area contributed by atoms with E-state index in [1.54, 1.807) is 0 Å². The molecule has 1 heterocycles. The minimum Gasteiger partial charge on any atom is -0.477 e. The van der Waals surface area contributed by atoms with Gasteiger partial charge in [0.25, 0.3) is 11.8 Å². The number of carbonyl (C=O) groups is 3. The van der Waals surface area contributed by atoms with Gasteiger partial charge in [-0.1, -0.05) is 6.08 Å². The monoisotopic (exact) mass is 195 g/mol. The standard InChI is InChI=1S/C9H9NO4/c1-3-6(9(13)14)10-7(11)4-5(2)8(10)12/h3-4H,1-2H3,(H,13,14)/b6-3+. The maximum Gasteiger partial charge on any atom is 0.352 e. The summed E-state index contributed by atoms with van der Waals surface area (Å²) in [5.74, 6) is -2.48. The molecule has 0 spiro atoms. The Bertz CT molecular complexity index is 378. The number of carboxylic acids is 1. The molecule has 1 N–H and O–H groups in total. The second kappa shape index (κ2) is 3.45. The highest BCUT2D eigenvalue weighted by atomic mass is 16.4. The summed E-state index contributed by atoms with van der Waals surface area (Å²) in [5, 5.41) is 8.72. The van der Waals surface area contributed by atoms with Crippen molar-refractivity contribution in [1.82, 2.24) is 4.90 Å². The number of allylic oxidation sites excluding steroid dienone is 1. The van der Waals surface area contributed by atoms with Crippen LogP contribution in [-0.2, 0) is 14.4 Å². The van der Waals surface area contributed by atoms with Crippen LogP contribution in [0.25, 0.3) is 0 Å². The van der Waals surface area contributed by atoms with E-state index in [0.29, 0.717) is 4.90 Å². The van der Waals surface area contributed by atoms with Crippen molar-refractivity contribution >= 4 is 17.8 Å². The van der Waals surface area contributed by atoms with Crippen molar-refractivity contribution in [3.63, 3.8) is 0 Å². The molecule has 74 valence electrons. The zero-order valence-corrected chi connectivity index (χ0v) is 7.77. The van der Waals surface area contributed by atoms with Crippen LogP contribution in [0.3, 0.4) is 0 Å². The van der Waals surface area contributed by atoms with Crippen molar-refractivity contribution in [3.8, 4) is 0 Å². The van der Waals surface area contributed by atoms with E-state index >= 15 is 0 Å². The number of amides is 2. The largest absolute Gasteiger partial charge is 0.477 e. The van der Waals surface area contributed by atoms with Crippen LogP contribution in [0.4, 0.5) is 0 Å². The van der Waals surface area contributed by atoms with Crippen LogP contribution in [0.1, 0.15) is 13.8 Å². The van der Waals surface area contributed by atoms with E-state index in [2.05, 4.69) is 0 Å². The molecule has 0 bridgehead atoms. The fourth-order valence-corrected chi connectivity index (χ4v) is 1.16. The predicted octanol–water partition coefficient (Wildman–Crippen LogP) is 0.290. The van der Waals surface area contributed by atoms with Gasteiger partial charge in [0, 0.05) is 11.6 Å². The summed E-state index contributed by atoms with van der Waals surface area (Å²) in [6.45, 7) is 2.92. The molecule has 0 aromatic carbocycles. The third-order valence-corrected chi connectivity index (χ3v) is 1.83. The maximum atomic E-state index is 11.4. The Balaban J connectivity index is 3.08. The van der Waals surface area contributed by atoms with Crippen molar-refractivity contribution in [2.24, 2.45) is 0 Å². The highest BCUT2D eigenvalue weighted by Gasteiger charge is 2.33. The van der Waals surface area contributed by atoms with Crippen molar-refractivity contribution in [3.05, 3.63) is 23.4 Å². The van der Waals surface area contributed by atoms with Crippen LogP contribution in [0.2, 0.25) is 0 Å². The number of rotatable bonds is 2. The topological polar surface area (TPSA) is 74.7 Å². The summed E-state index contributed by atoms with van der Waals surface area (Å²) in [4.78, 5) is 33.9. The van der Waals surface area contributed by atoms with E-state index in [-0.39, 0.29) is 11.3 Å². The number of hydrogen-bond donors (Lipinski definition) is 1. The zero-order valence-electron chi connectivity index (χ0n) is 7.77. The summed E-state index contributed by atoms with van der Waals surface area (Å²) < 4.78 is 0. The Morgan fingerprint density at radius 2 is 2.07 bits per heavy atom. The molecule has 0 aromatic rings. The van der Waals surface area contributed by atoms with Crippen LogP contribution in [-0.4, -0.2) is 27.8 Å². The van der Waals surface area contributed by atoms with E-state index in [1.807, 2.05) is 0 Å². The first-order valence-electron chi connectivity index (χ1n) is 3.95. The van der Waals surface area contributed by atoms with Gasteiger partial charge in [0.15, 0.2) is 0 Å². The Morgan fingerprint density at radius 3 is 2.36 bits per heavy atom. The normalized spacial score (nSPS) is 17.4. The highest BCUT2D eigenvalue weighted by Crippen LogP contribution is 2.17. The third-order valence-electron chi connectivity index (χ3n) is 1.83. The lowest BCUT2D eigenvalue weighted by molar-refractivity contribution is -0.143. The first-order valence-corrected chi connectivity index (χ1v) is 3.95. The van der Waals surface area contributed by atoms with Crippen LogP contribution in [0, 0.1) is 0 Å². The number of carboxylic acid groups (broad SMARTS) is 1. The highest BCUT2D eigenvalue weighted by molar-refractivity contribution is 6.19. The Labute approximate surface area is 80.3 Å². The van der Waals surface area contributed by atoms with E-state index < -0.39 is 17.8 Å². The molecular weight excluding hydrogens is 186 g/mol. The first-order chi connectivity index (χ1) is 6.49. The first kappa shape index (κ1) is 10.2. The zero-order chi connectivity index (χ0) is 10.9. The molecular formula is C9H9NO4. The number of nitrogens with zero attached hydrogens (tertiary/aromatic N) is 1.